The summed E-state index contributed by atoms with van der Waals surface area (Å²) in [5, 5.41) is 0. The number of benzene rings is 1. The van der Waals surface area contributed by atoms with Crippen molar-refractivity contribution in [1.82, 2.24) is 4.72 Å². The van der Waals surface area contributed by atoms with Gasteiger partial charge in [0.2, 0.25) is 10.0 Å². The second-order valence-corrected chi connectivity index (χ2v) is 4.99. The van der Waals surface area contributed by atoms with E-state index in [4.69, 9.17) is 5.73 Å². The van der Waals surface area contributed by atoms with Gasteiger partial charge >= 0.3 is 0 Å². The molecule has 5 heteroatoms. The molecule has 0 saturated heterocycles. The molecule has 3 N–H and O–H groups in total. The summed E-state index contributed by atoms with van der Waals surface area (Å²) in [6.07, 6.45) is 1.80. The molecular weight excluding hydrogens is 200 g/mol. The number of sulfonamides is 1. The van der Waals surface area contributed by atoms with Gasteiger partial charge in [0, 0.05) is 12.2 Å². The standard InChI is InChI=1S/C9H14N2O2S/c1-14(12,13)11-6-5-8-3-2-4-9(10)7-8/h2-4,7,11H,5-6,10H2,1H3. The van der Waals surface area contributed by atoms with Gasteiger partial charge in [-0.25, -0.2) is 13.1 Å². The van der Waals surface area contributed by atoms with E-state index >= 15 is 0 Å². The van der Waals surface area contributed by atoms with Gasteiger partial charge in [0.05, 0.1) is 6.26 Å². The molecule has 0 aliphatic carbocycles. The highest BCUT2D eigenvalue weighted by Gasteiger charge is 1.99. The zero-order valence-corrected chi connectivity index (χ0v) is 8.84. The zero-order chi connectivity index (χ0) is 10.6. The summed E-state index contributed by atoms with van der Waals surface area (Å²) in [6.45, 7) is 0.405. The van der Waals surface area contributed by atoms with Crippen LogP contribution in [0.1, 0.15) is 5.56 Å². The molecule has 0 aromatic heterocycles. The lowest BCUT2D eigenvalue weighted by Crippen LogP contribution is -2.24. The summed E-state index contributed by atoms with van der Waals surface area (Å²) >= 11 is 0. The minimum absolute atomic E-state index is 0.405. The fourth-order valence-corrected chi connectivity index (χ4v) is 1.60. The van der Waals surface area contributed by atoms with E-state index in [0.29, 0.717) is 18.7 Å². The Kier molecular flexibility index (Phi) is 3.49. The first kappa shape index (κ1) is 11.0. The second-order valence-electron chi connectivity index (χ2n) is 3.16. The summed E-state index contributed by atoms with van der Waals surface area (Å²) in [5.74, 6) is 0. The van der Waals surface area contributed by atoms with E-state index in [1.54, 1.807) is 6.07 Å². The third-order valence-electron chi connectivity index (χ3n) is 1.73. The predicted octanol–water partition coefficient (Wildman–Crippen LogP) is 0.360. The molecule has 0 aliphatic rings. The Hall–Kier alpha value is -1.07. The number of hydrogen-bond donors (Lipinski definition) is 2. The van der Waals surface area contributed by atoms with Crippen molar-refractivity contribution in [2.24, 2.45) is 0 Å². The summed E-state index contributed by atoms with van der Waals surface area (Å²) in [4.78, 5) is 0. The van der Waals surface area contributed by atoms with Gasteiger partial charge in [0.1, 0.15) is 0 Å². The minimum atomic E-state index is -3.09. The molecule has 1 rings (SSSR count). The lowest BCUT2D eigenvalue weighted by Gasteiger charge is -2.03. The first-order valence-corrected chi connectivity index (χ1v) is 6.15. The van der Waals surface area contributed by atoms with E-state index in [2.05, 4.69) is 4.72 Å². The van der Waals surface area contributed by atoms with Crippen molar-refractivity contribution in [3.8, 4) is 0 Å². The summed E-state index contributed by atoms with van der Waals surface area (Å²) < 4.78 is 23.9. The Morgan fingerprint density at radius 1 is 1.43 bits per heavy atom. The quantitative estimate of drug-likeness (QED) is 0.711. The Labute approximate surface area is 84.2 Å². The molecule has 0 saturated carbocycles. The Morgan fingerprint density at radius 2 is 2.14 bits per heavy atom. The van der Waals surface area contributed by atoms with Gasteiger partial charge in [-0.05, 0) is 24.1 Å². The molecule has 0 unspecified atom stereocenters. The number of nitrogens with two attached hydrogens (primary N) is 1. The molecule has 78 valence electrons. The molecule has 4 nitrogen and oxygen atoms in total. The van der Waals surface area contributed by atoms with E-state index in [1.165, 1.54) is 0 Å². The number of nitrogen functional groups attached to an aromatic ring is 1. The van der Waals surface area contributed by atoms with Crippen LogP contribution in [-0.2, 0) is 16.4 Å². The Morgan fingerprint density at radius 3 is 2.71 bits per heavy atom. The third-order valence-corrected chi connectivity index (χ3v) is 2.46. The molecule has 14 heavy (non-hydrogen) atoms. The van der Waals surface area contributed by atoms with Crippen LogP contribution >= 0.6 is 0 Å². The molecule has 0 radical (unpaired) electrons. The van der Waals surface area contributed by atoms with Crippen molar-refractivity contribution in [3.63, 3.8) is 0 Å². The summed E-state index contributed by atoms with van der Waals surface area (Å²) in [5.41, 5.74) is 7.30. The molecule has 0 atom stereocenters. The molecule has 0 aliphatic heterocycles. The fourth-order valence-electron chi connectivity index (χ4n) is 1.13. The number of anilines is 1. The smallest absolute Gasteiger partial charge is 0.208 e. The van der Waals surface area contributed by atoms with Crippen LogP contribution in [0.15, 0.2) is 24.3 Å². The Bertz CT molecular complexity index is 401. The minimum Gasteiger partial charge on any atom is -0.399 e. The van der Waals surface area contributed by atoms with E-state index < -0.39 is 10.0 Å². The van der Waals surface area contributed by atoms with Crippen molar-refractivity contribution < 1.29 is 8.42 Å². The predicted molar refractivity (Wildman–Crippen MR) is 57.4 cm³/mol. The van der Waals surface area contributed by atoms with Crippen molar-refractivity contribution in [1.29, 1.82) is 0 Å². The molecule has 1 aromatic carbocycles. The van der Waals surface area contributed by atoms with Gasteiger partial charge in [-0.1, -0.05) is 12.1 Å². The van der Waals surface area contributed by atoms with Crippen LogP contribution in [0.3, 0.4) is 0 Å². The molecule has 1 aromatic rings. The molecule has 0 fully saturated rings. The van der Waals surface area contributed by atoms with E-state index in [0.717, 1.165) is 11.8 Å². The van der Waals surface area contributed by atoms with Crippen molar-refractivity contribution in [2.75, 3.05) is 18.5 Å². The van der Waals surface area contributed by atoms with Gasteiger partial charge in [0.15, 0.2) is 0 Å². The first-order valence-electron chi connectivity index (χ1n) is 4.26. The fraction of sp³-hybridized carbons (Fsp3) is 0.333. The lowest BCUT2D eigenvalue weighted by molar-refractivity contribution is 0.588. The first-order chi connectivity index (χ1) is 6.47. The second kappa shape index (κ2) is 4.43. The van der Waals surface area contributed by atoms with Crippen LogP contribution < -0.4 is 10.5 Å². The van der Waals surface area contributed by atoms with Gasteiger partial charge < -0.3 is 5.73 Å². The van der Waals surface area contributed by atoms with Crippen molar-refractivity contribution >= 4 is 15.7 Å². The van der Waals surface area contributed by atoms with Gasteiger partial charge in [-0.15, -0.1) is 0 Å². The van der Waals surface area contributed by atoms with E-state index in [1.807, 2.05) is 18.2 Å². The maximum absolute atomic E-state index is 10.8. The molecular formula is C9H14N2O2S. The van der Waals surface area contributed by atoms with Crippen LogP contribution in [0.2, 0.25) is 0 Å². The van der Waals surface area contributed by atoms with Crippen LogP contribution in [-0.4, -0.2) is 21.2 Å². The average molecular weight is 214 g/mol. The third kappa shape index (κ3) is 4.25. The van der Waals surface area contributed by atoms with Crippen LogP contribution in [0, 0.1) is 0 Å². The largest absolute Gasteiger partial charge is 0.399 e. The highest BCUT2D eigenvalue weighted by atomic mass is 32.2. The van der Waals surface area contributed by atoms with Gasteiger partial charge in [-0.2, -0.15) is 0 Å². The molecule has 0 amide bonds. The van der Waals surface area contributed by atoms with Crippen molar-refractivity contribution in [3.05, 3.63) is 29.8 Å². The maximum atomic E-state index is 10.8. The topological polar surface area (TPSA) is 72.2 Å². The molecule has 0 spiro atoms. The number of rotatable bonds is 4. The highest BCUT2D eigenvalue weighted by molar-refractivity contribution is 7.88. The number of hydrogen-bond acceptors (Lipinski definition) is 3. The summed E-state index contributed by atoms with van der Waals surface area (Å²) in [7, 11) is -3.09. The summed E-state index contributed by atoms with van der Waals surface area (Å²) in [6, 6.07) is 7.41. The lowest BCUT2D eigenvalue weighted by atomic mass is 10.1. The molecule has 0 bridgehead atoms. The van der Waals surface area contributed by atoms with Crippen LogP contribution in [0.5, 0.6) is 0 Å². The van der Waals surface area contributed by atoms with Crippen LogP contribution in [0.25, 0.3) is 0 Å². The van der Waals surface area contributed by atoms with Gasteiger partial charge in [0.25, 0.3) is 0 Å². The highest BCUT2D eigenvalue weighted by Crippen LogP contribution is 2.06. The van der Waals surface area contributed by atoms with Crippen LogP contribution in [0.4, 0.5) is 5.69 Å². The average Bonchev–Trinajstić information content (AvgIpc) is 2.01. The Balaban J connectivity index is 2.47. The van der Waals surface area contributed by atoms with Gasteiger partial charge in [-0.3, -0.25) is 0 Å². The number of nitrogens with one attached hydrogen (secondary N) is 1. The van der Waals surface area contributed by atoms with Crippen molar-refractivity contribution in [2.45, 2.75) is 6.42 Å². The molecule has 0 heterocycles. The SMILES string of the molecule is CS(=O)(=O)NCCc1cccc(N)c1. The van der Waals surface area contributed by atoms with E-state index in [-0.39, 0.29) is 0 Å². The zero-order valence-electron chi connectivity index (χ0n) is 8.03. The van der Waals surface area contributed by atoms with E-state index in [9.17, 15) is 8.42 Å². The monoisotopic (exact) mass is 214 g/mol. The maximum Gasteiger partial charge on any atom is 0.208 e. The normalized spacial score (nSPS) is 11.5.